The zero-order valence-corrected chi connectivity index (χ0v) is 10.0. The Hall–Kier alpha value is -1.07. The van der Waals surface area contributed by atoms with Gasteiger partial charge in [0.05, 0.1) is 0 Å². The van der Waals surface area contributed by atoms with Crippen LogP contribution in [0.5, 0.6) is 0 Å². The summed E-state index contributed by atoms with van der Waals surface area (Å²) in [5, 5.41) is 12.3. The number of aromatic nitrogens is 2. The maximum atomic E-state index is 8.86. The van der Waals surface area contributed by atoms with Gasteiger partial charge in [-0.1, -0.05) is 24.9 Å². The lowest BCUT2D eigenvalue weighted by molar-refractivity contribution is 0.258. The van der Waals surface area contributed by atoms with Crippen LogP contribution in [0.2, 0.25) is 5.02 Å². The average molecular weight is 245 g/mol. The van der Waals surface area contributed by atoms with Gasteiger partial charge in [0.2, 0.25) is 0 Å². The summed E-state index contributed by atoms with van der Waals surface area (Å²) in [6.45, 7) is 2.99. The standard InChI is InChI=1S/C10H17ClN4O/c1-2-7(3-4-16)5-13-10-8(11)9(12)14-6-15-10/h6-7,16H,2-5H2,1H3,(H3,12,13,14,15). The quantitative estimate of drug-likeness (QED) is 0.707. The van der Waals surface area contributed by atoms with Crippen LogP contribution in [0.25, 0.3) is 0 Å². The van der Waals surface area contributed by atoms with Crippen LogP contribution in [0, 0.1) is 5.92 Å². The lowest BCUT2D eigenvalue weighted by atomic mass is 10.0. The molecule has 1 atom stereocenters. The SMILES string of the molecule is CCC(CCO)CNc1ncnc(N)c1Cl. The van der Waals surface area contributed by atoms with Gasteiger partial charge in [-0.25, -0.2) is 9.97 Å². The summed E-state index contributed by atoms with van der Waals surface area (Å²) < 4.78 is 0. The molecule has 0 spiro atoms. The maximum Gasteiger partial charge on any atom is 0.150 e. The Morgan fingerprint density at radius 2 is 2.31 bits per heavy atom. The number of rotatable bonds is 6. The Morgan fingerprint density at radius 1 is 1.56 bits per heavy atom. The Balaban J connectivity index is 2.56. The molecule has 0 bridgehead atoms. The number of nitrogens with two attached hydrogens (primary N) is 1. The van der Waals surface area contributed by atoms with E-state index in [0.29, 0.717) is 23.3 Å². The average Bonchev–Trinajstić information content (AvgIpc) is 2.29. The highest BCUT2D eigenvalue weighted by Gasteiger charge is 2.09. The van der Waals surface area contributed by atoms with Crippen molar-refractivity contribution in [2.75, 3.05) is 24.2 Å². The fourth-order valence-corrected chi connectivity index (χ4v) is 1.55. The number of halogens is 1. The van der Waals surface area contributed by atoms with E-state index >= 15 is 0 Å². The Morgan fingerprint density at radius 3 is 2.94 bits per heavy atom. The second kappa shape index (κ2) is 6.50. The van der Waals surface area contributed by atoms with E-state index in [9.17, 15) is 0 Å². The highest BCUT2D eigenvalue weighted by atomic mass is 35.5. The first-order valence-corrected chi connectivity index (χ1v) is 5.67. The monoisotopic (exact) mass is 244 g/mol. The normalized spacial score (nSPS) is 12.4. The molecule has 90 valence electrons. The highest BCUT2D eigenvalue weighted by Crippen LogP contribution is 2.23. The summed E-state index contributed by atoms with van der Waals surface area (Å²) in [5.41, 5.74) is 5.56. The van der Waals surface area contributed by atoms with Crippen molar-refractivity contribution in [1.82, 2.24) is 9.97 Å². The predicted octanol–water partition coefficient (Wildman–Crippen LogP) is 1.53. The van der Waals surface area contributed by atoms with Crippen molar-refractivity contribution in [1.29, 1.82) is 0 Å². The van der Waals surface area contributed by atoms with Gasteiger partial charge in [-0.05, 0) is 12.3 Å². The molecule has 1 aromatic heterocycles. The molecule has 0 aliphatic heterocycles. The van der Waals surface area contributed by atoms with Crippen LogP contribution in [0.3, 0.4) is 0 Å². The van der Waals surface area contributed by atoms with Crippen molar-refractivity contribution < 1.29 is 5.11 Å². The van der Waals surface area contributed by atoms with E-state index in [-0.39, 0.29) is 12.4 Å². The minimum absolute atomic E-state index is 0.194. The van der Waals surface area contributed by atoms with Gasteiger partial charge in [0.1, 0.15) is 23.0 Å². The van der Waals surface area contributed by atoms with Crippen LogP contribution in [0.4, 0.5) is 11.6 Å². The number of hydrogen-bond acceptors (Lipinski definition) is 5. The molecule has 0 fully saturated rings. The molecule has 0 aliphatic rings. The molecule has 0 radical (unpaired) electrons. The van der Waals surface area contributed by atoms with Crippen molar-refractivity contribution >= 4 is 23.2 Å². The van der Waals surface area contributed by atoms with Crippen molar-refractivity contribution in [3.8, 4) is 0 Å². The molecule has 0 aliphatic carbocycles. The van der Waals surface area contributed by atoms with Gasteiger partial charge in [0, 0.05) is 13.2 Å². The third-order valence-corrected chi connectivity index (χ3v) is 2.86. The largest absolute Gasteiger partial charge is 0.396 e. The van der Waals surface area contributed by atoms with Gasteiger partial charge in [-0.3, -0.25) is 0 Å². The Labute approximate surface area is 100 Å². The van der Waals surface area contributed by atoms with Crippen molar-refractivity contribution in [2.45, 2.75) is 19.8 Å². The number of nitrogens with zero attached hydrogens (tertiary/aromatic N) is 2. The highest BCUT2D eigenvalue weighted by molar-refractivity contribution is 6.35. The van der Waals surface area contributed by atoms with Crippen LogP contribution in [0.15, 0.2) is 6.33 Å². The van der Waals surface area contributed by atoms with E-state index < -0.39 is 0 Å². The second-order valence-electron chi connectivity index (χ2n) is 3.59. The second-order valence-corrected chi connectivity index (χ2v) is 3.97. The number of aliphatic hydroxyl groups excluding tert-OH is 1. The lowest BCUT2D eigenvalue weighted by Gasteiger charge is -2.15. The van der Waals surface area contributed by atoms with Gasteiger partial charge < -0.3 is 16.2 Å². The van der Waals surface area contributed by atoms with Crippen LogP contribution < -0.4 is 11.1 Å². The summed E-state index contributed by atoms with van der Waals surface area (Å²) in [6.07, 6.45) is 3.13. The number of anilines is 2. The van der Waals surface area contributed by atoms with Crippen molar-refractivity contribution in [3.05, 3.63) is 11.3 Å². The summed E-state index contributed by atoms with van der Waals surface area (Å²) in [5.74, 6) is 1.22. The van der Waals surface area contributed by atoms with Gasteiger partial charge in [0.25, 0.3) is 0 Å². The van der Waals surface area contributed by atoms with Crippen molar-refractivity contribution in [2.24, 2.45) is 5.92 Å². The van der Waals surface area contributed by atoms with Crippen molar-refractivity contribution in [3.63, 3.8) is 0 Å². The van der Waals surface area contributed by atoms with Gasteiger partial charge in [0.15, 0.2) is 0 Å². The van der Waals surface area contributed by atoms with Crippen LogP contribution in [0.1, 0.15) is 19.8 Å². The Bertz CT molecular complexity index is 335. The van der Waals surface area contributed by atoms with E-state index in [4.69, 9.17) is 22.4 Å². The predicted molar refractivity (Wildman–Crippen MR) is 65.4 cm³/mol. The van der Waals surface area contributed by atoms with Crippen LogP contribution in [-0.4, -0.2) is 28.2 Å². The first-order chi connectivity index (χ1) is 7.69. The summed E-state index contributed by atoms with van der Waals surface area (Å²) in [4.78, 5) is 7.79. The van der Waals surface area contributed by atoms with Gasteiger partial charge in [-0.15, -0.1) is 0 Å². The molecule has 0 saturated carbocycles. The molecule has 6 heteroatoms. The molecule has 16 heavy (non-hydrogen) atoms. The number of hydrogen-bond donors (Lipinski definition) is 3. The third kappa shape index (κ3) is 3.50. The zero-order chi connectivity index (χ0) is 12.0. The number of aliphatic hydroxyl groups is 1. The molecule has 0 amide bonds. The summed E-state index contributed by atoms with van der Waals surface area (Å²) in [6, 6.07) is 0. The minimum atomic E-state index is 0.194. The molecule has 1 heterocycles. The zero-order valence-electron chi connectivity index (χ0n) is 9.28. The molecule has 1 rings (SSSR count). The fraction of sp³-hybridized carbons (Fsp3) is 0.600. The van der Waals surface area contributed by atoms with Gasteiger partial charge >= 0.3 is 0 Å². The summed E-state index contributed by atoms with van der Waals surface area (Å²) in [7, 11) is 0. The maximum absolute atomic E-state index is 8.86. The molecule has 4 N–H and O–H groups in total. The van der Waals surface area contributed by atoms with E-state index in [2.05, 4.69) is 22.2 Å². The molecule has 0 aromatic carbocycles. The van der Waals surface area contributed by atoms with Crippen LogP contribution in [-0.2, 0) is 0 Å². The smallest absolute Gasteiger partial charge is 0.150 e. The van der Waals surface area contributed by atoms with E-state index in [0.717, 1.165) is 12.8 Å². The summed E-state index contributed by atoms with van der Waals surface area (Å²) >= 11 is 5.94. The minimum Gasteiger partial charge on any atom is -0.396 e. The molecule has 0 saturated heterocycles. The first kappa shape index (κ1) is 13.0. The third-order valence-electron chi connectivity index (χ3n) is 2.49. The molecule has 1 unspecified atom stereocenters. The molecule has 1 aromatic rings. The van der Waals surface area contributed by atoms with Crippen LogP contribution >= 0.6 is 11.6 Å². The first-order valence-electron chi connectivity index (χ1n) is 5.29. The lowest BCUT2D eigenvalue weighted by Crippen LogP contribution is -2.16. The van der Waals surface area contributed by atoms with E-state index in [1.54, 1.807) is 0 Å². The number of nitrogens with one attached hydrogen (secondary N) is 1. The Kier molecular flexibility index (Phi) is 5.28. The van der Waals surface area contributed by atoms with E-state index in [1.807, 2.05) is 0 Å². The molecular weight excluding hydrogens is 228 g/mol. The fourth-order valence-electron chi connectivity index (χ4n) is 1.38. The topological polar surface area (TPSA) is 84.1 Å². The number of nitrogen functional groups attached to an aromatic ring is 1. The molecule has 5 nitrogen and oxygen atoms in total. The van der Waals surface area contributed by atoms with E-state index in [1.165, 1.54) is 6.33 Å². The van der Waals surface area contributed by atoms with Gasteiger partial charge in [-0.2, -0.15) is 0 Å². The molecular formula is C10H17ClN4O.